The maximum Gasteiger partial charge on any atom is 0.293 e. The lowest BCUT2D eigenvalue weighted by Crippen LogP contribution is -2.26. The van der Waals surface area contributed by atoms with Crippen LogP contribution >= 0.6 is 9.24 Å². The van der Waals surface area contributed by atoms with E-state index in [1.54, 1.807) is 0 Å². The van der Waals surface area contributed by atoms with Gasteiger partial charge in [-0.15, -0.1) is 9.24 Å². The Morgan fingerprint density at radius 3 is 1.74 bits per heavy atom. The van der Waals surface area contributed by atoms with E-state index in [1.807, 2.05) is 20.5 Å². The first-order chi connectivity index (χ1) is 9.10. The van der Waals surface area contributed by atoms with Crippen LogP contribution in [-0.2, 0) is 9.53 Å². The van der Waals surface area contributed by atoms with Crippen molar-refractivity contribution in [3.05, 3.63) is 0 Å². The molecule has 0 radical (unpaired) electrons. The Hall–Kier alpha value is -0.100. The molecule has 1 aliphatic rings. The number of rotatable bonds is 4. The summed E-state index contributed by atoms with van der Waals surface area (Å²) in [6.45, 7) is 15.2. The van der Waals surface area contributed by atoms with Gasteiger partial charge in [0.2, 0.25) is 0 Å². The Morgan fingerprint density at radius 2 is 1.53 bits per heavy atom. The Labute approximate surface area is 124 Å². The number of carbonyl (C=O) groups is 1. The van der Waals surface area contributed by atoms with E-state index in [4.69, 9.17) is 4.74 Å². The molecule has 3 heteroatoms. The highest BCUT2D eigenvalue weighted by molar-refractivity contribution is 7.15. The molecule has 1 aliphatic carbocycles. The molecule has 19 heavy (non-hydrogen) atoms. The lowest BCUT2D eigenvalue weighted by atomic mass is 9.99. The predicted molar refractivity (Wildman–Crippen MR) is 90.8 cm³/mol. The molecule has 0 aromatic heterocycles. The SMILES string of the molecule is CC.CCC(C)C.CCC1(OC=O)CCCC1.CP. The molecule has 1 fully saturated rings. The first-order valence-corrected chi connectivity index (χ1v) is 8.95. The lowest BCUT2D eigenvalue weighted by molar-refractivity contribution is -0.143. The van der Waals surface area contributed by atoms with Crippen molar-refractivity contribution in [3.8, 4) is 0 Å². The predicted octanol–water partition coefficient (Wildman–Crippen LogP) is 5.45. The molecule has 0 saturated heterocycles. The van der Waals surface area contributed by atoms with Crippen LogP contribution in [0.3, 0.4) is 0 Å². The zero-order valence-corrected chi connectivity index (χ0v) is 15.4. The van der Waals surface area contributed by atoms with E-state index < -0.39 is 0 Å². The normalized spacial score (nSPS) is 15.0. The topological polar surface area (TPSA) is 26.3 Å². The van der Waals surface area contributed by atoms with Crippen molar-refractivity contribution in [2.24, 2.45) is 5.92 Å². The summed E-state index contributed by atoms with van der Waals surface area (Å²) in [5.41, 5.74) is -0.0816. The zero-order chi connectivity index (χ0) is 15.7. The van der Waals surface area contributed by atoms with Crippen LogP contribution in [-0.4, -0.2) is 18.7 Å². The fourth-order valence-electron chi connectivity index (χ4n) is 1.68. The lowest BCUT2D eigenvalue weighted by Gasteiger charge is -2.24. The van der Waals surface area contributed by atoms with Gasteiger partial charge in [0.25, 0.3) is 6.47 Å². The largest absolute Gasteiger partial charge is 0.461 e. The van der Waals surface area contributed by atoms with Gasteiger partial charge in [0.1, 0.15) is 5.60 Å². The van der Waals surface area contributed by atoms with Crippen LogP contribution in [0.25, 0.3) is 0 Å². The van der Waals surface area contributed by atoms with Gasteiger partial charge in [0.15, 0.2) is 0 Å². The van der Waals surface area contributed by atoms with Gasteiger partial charge in [-0.05, 0) is 38.0 Å². The molecule has 0 amide bonds. The van der Waals surface area contributed by atoms with Crippen LogP contribution in [0.2, 0.25) is 0 Å². The van der Waals surface area contributed by atoms with E-state index in [-0.39, 0.29) is 5.60 Å². The van der Waals surface area contributed by atoms with Crippen LogP contribution in [0, 0.1) is 5.92 Å². The number of hydrogen-bond acceptors (Lipinski definition) is 2. The highest BCUT2D eigenvalue weighted by atomic mass is 31.0. The first kappa shape index (κ1) is 24.0. The molecule has 0 N–H and O–H groups in total. The Morgan fingerprint density at radius 1 is 1.16 bits per heavy atom. The maximum atomic E-state index is 10.1. The van der Waals surface area contributed by atoms with Gasteiger partial charge >= 0.3 is 0 Å². The summed E-state index contributed by atoms with van der Waals surface area (Å²) in [7, 11) is 2.42. The van der Waals surface area contributed by atoms with E-state index in [1.165, 1.54) is 19.3 Å². The fraction of sp³-hybridized carbons (Fsp3) is 0.938. The van der Waals surface area contributed by atoms with Crippen LogP contribution < -0.4 is 0 Å². The summed E-state index contributed by atoms with van der Waals surface area (Å²) in [5, 5.41) is 0. The number of carbonyl (C=O) groups excluding carboxylic acids is 1. The molecular weight excluding hydrogens is 255 g/mol. The van der Waals surface area contributed by atoms with Gasteiger partial charge < -0.3 is 4.74 Å². The van der Waals surface area contributed by atoms with Crippen molar-refractivity contribution < 1.29 is 9.53 Å². The van der Waals surface area contributed by atoms with Gasteiger partial charge in [0.05, 0.1) is 0 Å². The van der Waals surface area contributed by atoms with E-state index in [0.717, 1.165) is 25.2 Å². The minimum atomic E-state index is -0.0816. The molecule has 0 aliphatic heterocycles. The number of ether oxygens (including phenoxy) is 1. The summed E-state index contributed by atoms with van der Waals surface area (Å²) in [6.07, 6.45) is 6.81. The van der Waals surface area contributed by atoms with Gasteiger partial charge in [-0.25, -0.2) is 0 Å². The second-order valence-electron chi connectivity index (χ2n) is 4.76. The summed E-state index contributed by atoms with van der Waals surface area (Å²) >= 11 is 0. The molecule has 118 valence electrons. The van der Waals surface area contributed by atoms with Crippen LogP contribution in [0.15, 0.2) is 0 Å². The van der Waals surface area contributed by atoms with Gasteiger partial charge in [-0.3, -0.25) is 4.79 Å². The van der Waals surface area contributed by atoms with Crippen molar-refractivity contribution in [2.45, 2.75) is 85.7 Å². The molecule has 0 aromatic carbocycles. The Kier molecular flexibility index (Phi) is 22.6. The van der Waals surface area contributed by atoms with Crippen LogP contribution in [0.4, 0.5) is 0 Å². The molecule has 0 heterocycles. The molecule has 0 spiro atoms. The monoisotopic (exact) mass is 292 g/mol. The Bertz CT molecular complexity index is 164. The van der Waals surface area contributed by atoms with Crippen molar-refractivity contribution in [1.82, 2.24) is 0 Å². The van der Waals surface area contributed by atoms with Crippen LogP contribution in [0.5, 0.6) is 0 Å². The molecular formula is C16H37O2P. The summed E-state index contributed by atoms with van der Waals surface area (Å²) < 4.78 is 5.06. The first-order valence-electron chi connectivity index (χ1n) is 7.79. The molecule has 1 rings (SSSR count). The van der Waals surface area contributed by atoms with Crippen molar-refractivity contribution in [1.29, 1.82) is 0 Å². The average Bonchev–Trinajstić information content (AvgIpc) is 2.93. The summed E-state index contributed by atoms with van der Waals surface area (Å²) in [6, 6.07) is 0. The molecule has 0 aromatic rings. The fourth-order valence-corrected chi connectivity index (χ4v) is 1.68. The highest BCUT2D eigenvalue weighted by Gasteiger charge is 2.33. The molecule has 1 unspecified atom stereocenters. The summed E-state index contributed by atoms with van der Waals surface area (Å²) in [4.78, 5) is 10.1. The quantitative estimate of drug-likeness (QED) is 0.508. The minimum absolute atomic E-state index is 0.0816. The third-order valence-corrected chi connectivity index (χ3v) is 3.27. The van der Waals surface area contributed by atoms with E-state index in [2.05, 4.69) is 36.9 Å². The van der Waals surface area contributed by atoms with Gasteiger partial charge in [-0.2, -0.15) is 0 Å². The smallest absolute Gasteiger partial charge is 0.293 e. The molecule has 1 saturated carbocycles. The maximum absolute atomic E-state index is 10.1. The van der Waals surface area contributed by atoms with E-state index in [0.29, 0.717) is 6.47 Å². The average molecular weight is 292 g/mol. The Balaban J connectivity index is -0.000000242. The van der Waals surface area contributed by atoms with Crippen molar-refractivity contribution in [3.63, 3.8) is 0 Å². The highest BCUT2D eigenvalue weighted by Crippen LogP contribution is 2.35. The van der Waals surface area contributed by atoms with Gasteiger partial charge in [-0.1, -0.05) is 54.6 Å². The third-order valence-electron chi connectivity index (χ3n) is 3.27. The standard InChI is InChI=1S/C8H14O2.C5H12.C2H6.CH5P/c1-2-8(10-7-9)5-3-4-6-8;1-4-5(2)3;2*1-2/h7H,2-6H2,1H3;5H,4H2,1-3H3;1-2H3;2H2,1H3. The second kappa shape index (κ2) is 17.9. The van der Waals surface area contributed by atoms with Crippen molar-refractivity contribution in [2.75, 3.05) is 6.66 Å². The van der Waals surface area contributed by atoms with Crippen molar-refractivity contribution >= 4 is 15.7 Å². The molecule has 0 bridgehead atoms. The zero-order valence-electron chi connectivity index (χ0n) is 14.3. The molecule has 2 nitrogen and oxygen atoms in total. The van der Waals surface area contributed by atoms with Gasteiger partial charge in [0, 0.05) is 0 Å². The third kappa shape index (κ3) is 14.1. The second-order valence-corrected chi connectivity index (χ2v) is 4.76. The molecule has 1 atom stereocenters. The minimum Gasteiger partial charge on any atom is -0.461 e. The summed E-state index contributed by atoms with van der Waals surface area (Å²) in [5.74, 6) is 0.884. The number of hydrogen-bond donors (Lipinski definition) is 0. The van der Waals surface area contributed by atoms with E-state index in [9.17, 15) is 4.79 Å². The van der Waals surface area contributed by atoms with Crippen LogP contribution in [0.1, 0.15) is 80.1 Å². The van der Waals surface area contributed by atoms with E-state index >= 15 is 0 Å².